The average molecular weight is 226 g/mol. The van der Waals surface area contributed by atoms with Crippen molar-refractivity contribution in [3.05, 3.63) is 47.0 Å². The summed E-state index contributed by atoms with van der Waals surface area (Å²) in [6.45, 7) is 2.10. The summed E-state index contributed by atoms with van der Waals surface area (Å²) in [5.41, 5.74) is 3.01. The first-order valence-corrected chi connectivity index (χ1v) is 6.01. The Morgan fingerprint density at radius 2 is 1.88 bits per heavy atom. The van der Waals surface area contributed by atoms with E-state index in [1.807, 2.05) is 18.2 Å². The molecule has 2 aliphatic carbocycles. The number of carbonyl (C=O) groups excluding carboxylic acids is 2. The van der Waals surface area contributed by atoms with Crippen LogP contribution >= 0.6 is 0 Å². The van der Waals surface area contributed by atoms with Crippen LogP contribution in [0.4, 0.5) is 0 Å². The fraction of sp³-hybridized carbons (Fsp3) is 0.333. The zero-order valence-corrected chi connectivity index (χ0v) is 9.77. The van der Waals surface area contributed by atoms with Crippen LogP contribution in [0.1, 0.15) is 41.6 Å². The summed E-state index contributed by atoms with van der Waals surface area (Å²) in [6.07, 6.45) is 3.72. The zero-order valence-electron chi connectivity index (χ0n) is 9.77. The lowest BCUT2D eigenvalue weighted by Gasteiger charge is -2.34. The van der Waals surface area contributed by atoms with E-state index in [-0.39, 0.29) is 23.4 Å². The molecule has 0 amide bonds. The van der Waals surface area contributed by atoms with Crippen molar-refractivity contribution in [1.82, 2.24) is 0 Å². The minimum atomic E-state index is -0.296. The molecule has 0 N–H and O–H groups in total. The molecule has 0 aliphatic heterocycles. The van der Waals surface area contributed by atoms with Crippen molar-refractivity contribution >= 4 is 11.6 Å². The second-order valence-corrected chi connectivity index (χ2v) is 4.98. The van der Waals surface area contributed by atoms with Gasteiger partial charge in [-0.15, -0.1) is 0 Å². The number of benzene rings is 1. The van der Waals surface area contributed by atoms with E-state index in [0.717, 1.165) is 18.4 Å². The number of rotatable bonds is 0. The molecule has 0 heterocycles. The molecule has 0 radical (unpaired) electrons. The Balaban J connectivity index is 2.16. The van der Waals surface area contributed by atoms with E-state index in [0.29, 0.717) is 5.56 Å². The molecule has 0 unspecified atom stereocenters. The summed E-state index contributed by atoms with van der Waals surface area (Å²) < 4.78 is 0. The average Bonchev–Trinajstić information content (AvgIpc) is 2.36. The van der Waals surface area contributed by atoms with E-state index in [1.54, 1.807) is 6.07 Å². The molecule has 0 saturated carbocycles. The predicted octanol–water partition coefficient (Wildman–Crippen LogP) is 2.89. The molecule has 1 aromatic carbocycles. The van der Waals surface area contributed by atoms with Crippen LogP contribution in [0.3, 0.4) is 0 Å². The molecule has 2 atom stereocenters. The Morgan fingerprint density at radius 3 is 2.71 bits per heavy atom. The highest BCUT2D eigenvalue weighted by atomic mass is 16.2. The number of Topliss-reactive ketones (excluding diaryl/α,β-unsaturated/α-hetero) is 2. The van der Waals surface area contributed by atoms with Crippen molar-refractivity contribution < 1.29 is 9.59 Å². The number of hydrogen-bond donors (Lipinski definition) is 0. The number of carbonyl (C=O) groups is 2. The largest absolute Gasteiger partial charge is 0.290 e. The maximum Gasteiger partial charge on any atom is 0.229 e. The van der Waals surface area contributed by atoms with Crippen molar-refractivity contribution in [2.45, 2.75) is 25.7 Å². The van der Waals surface area contributed by atoms with E-state index in [1.165, 1.54) is 5.57 Å². The summed E-state index contributed by atoms with van der Waals surface area (Å²) in [5.74, 6) is -0.408. The monoisotopic (exact) mass is 226 g/mol. The lowest BCUT2D eigenvalue weighted by Crippen LogP contribution is -2.36. The third-order valence-electron chi connectivity index (χ3n) is 3.91. The van der Waals surface area contributed by atoms with Gasteiger partial charge < -0.3 is 0 Å². The molecule has 2 heteroatoms. The second-order valence-electron chi connectivity index (χ2n) is 4.98. The van der Waals surface area contributed by atoms with Gasteiger partial charge in [-0.2, -0.15) is 0 Å². The normalized spacial score (nSPS) is 27.2. The van der Waals surface area contributed by atoms with Gasteiger partial charge >= 0.3 is 0 Å². The first-order chi connectivity index (χ1) is 8.18. The fourth-order valence-electron chi connectivity index (χ4n) is 3.01. The topological polar surface area (TPSA) is 34.1 Å². The van der Waals surface area contributed by atoms with Crippen LogP contribution in [0.15, 0.2) is 35.9 Å². The van der Waals surface area contributed by atoms with Crippen molar-refractivity contribution in [3.8, 4) is 0 Å². The lowest BCUT2D eigenvalue weighted by atomic mass is 9.67. The van der Waals surface area contributed by atoms with Crippen LogP contribution in [-0.2, 0) is 4.79 Å². The highest BCUT2D eigenvalue weighted by Gasteiger charge is 2.41. The van der Waals surface area contributed by atoms with E-state index in [9.17, 15) is 9.59 Å². The van der Waals surface area contributed by atoms with Gasteiger partial charge in [0.1, 0.15) is 0 Å². The molecule has 2 nitrogen and oxygen atoms in total. The van der Waals surface area contributed by atoms with Gasteiger partial charge in [0.25, 0.3) is 0 Å². The predicted molar refractivity (Wildman–Crippen MR) is 65.0 cm³/mol. The molecule has 1 aromatic rings. The van der Waals surface area contributed by atoms with Crippen LogP contribution in [0.5, 0.6) is 0 Å². The van der Waals surface area contributed by atoms with Gasteiger partial charge in [0.05, 0.1) is 0 Å². The highest BCUT2D eigenvalue weighted by molar-refractivity contribution is 6.45. The first-order valence-electron chi connectivity index (χ1n) is 6.01. The molecule has 0 fully saturated rings. The number of allylic oxidation sites excluding steroid dienone is 2. The van der Waals surface area contributed by atoms with Gasteiger partial charge in [0.2, 0.25) is 11.6 Å². The molecule has 0 aromatic heterocycles. The molecule has 0 bridgehead atoms. The van der Waals surface area contributed by atoms with Gasteiger partial charge in [0, 0.05) is 11.5 Å². The van der Waals surface area contributed by atoms with Crippen molar-refractivity contribution in [1.29, 1.82) is 0 Å². The van der Waals surface area contributed by atoms with Gasteiger partial charge in [-0.05, 0) is 31.2 Å². The van der Waals surface area contributed by atoms with Gasteiger partial charge in [-0.3, -0.25) is 9.59 Å². The lowest BCUT2D eigenvalue weighted by molar-refractivity contribution is -0.119. The molecular formula is C15H14O2. The van der Waals surface area contributed by atoms with Crippen molar-refractivity contribution in [2.24, 2.45) is 5.92 Å². The Bertz CT molecular complexity index is 540. The van der Waals surface area contributed by atoms with Crippen molar-refractivity contribution in [3.63, 3.8) is 0 Å². The third-order valence-corrected chi connectivity index (χ3v) is 3.91. The first kappa shape index (κ1) is 10.5. The van der Waals surface area contributed by atoms with Crippen molar-refractivity contribution in [2.75, 3.05) is 0 Å². The van der Waals surface area contributed by atoms with E-state index in [2.05, 4.69) is 13.0 Å². The minimum Gasteiger partial charge on any atom is -0.290 e. The molecule has 86 valence electrons. The Hall–Kier alpha value is -1.70. The van der Waals surface area contributed by atoms with Gasteiger partial charge in [-0.25, -0.2) is 0 Å². The Morgan fingerprint density at radius 1 is 1.12 bits per heavy atom. The molecule has 0 saturated heterocycles. The molecule has 2 aliphatic rings. The summed E-state index contributed by atoms with van der Waals surface area (Å²) in [4.78, 5) is 24.0. The molecule has 0 spiro atoms. The Labute approximate surface area is 100 Å². The maximum atomic E-state index is 12.1. The summed E-state index contributed by atoms with van der Waals surface area (Å²) in [5, 5.41) is 0. The number of fused-ring (bicyclic) bond motifs is 3. The zero-order chi connectivity index (χ0) is 12.0. The van der Waals surface area contributed by atoms with Gasteiger partial charge in [-0.1, -0.05) is 35.9 Å². The van der Waals surface area contributed by atoms with Crippen LogP contribution in [-0.4, -0.2) is 11.6 Å². The third kappa shape index (κ3) is 1.47. The molecule has 17 heavy (non-hydrogen) atoms. The quantitative estimate of drug-likeness (QED) is 0.503. The minimum absolute atomic E-state index is 0.124. The number of hydrogen-bond acceptors (Lipinski definition) is 2. The SMILES string of the molecule is CC1=CC[C@@H]2C(=O)C(=O)c3ccccc3[C@@H]2C1. The standard InChI is InChI=1S/C15H14O2/c1-9-6-7-12-13(8-9)10-4-2-3-5-11(10)14(16)15(12)17/h2-6,12-13H,7-8H2,1H3/t12-,13-/m0/s1. The summed E-state index contributed by atoms with van der Waals surface area (Å²) >= 11 is 0. The smallest absolute Gasteiger partial charge is 0.229 e. The fourth-order valence-corrected chi connectivity index (χ4v) is 3.01. The van der Waals surface area contributed by atoms with E-state index < -0.39 is 0 Å². The summed E-state index contributed by atoms with van der Waals surface area (Å²) in [7, 11) is 0. The second kappa shape index (κ2) is 3.66. The molecular weight excluding hydrogens is 212 g/mol. The maximum absolute atomic E-state index is 12.1. The molecule has 3 rings (SSSR count). The van der Waals surface area contributed by atoms with Crippen LogP contribution in [0, 0.1) is 5.92 Å². The van der Waals surface area contributed by atoms with Gasteiger partial charge in [0.15, 0.2) is 0 Å². The summed E-state index contributed by atoms with van der Waals surface area (Å²) in [6, 6.07) is 7.55. The van der Waals surface area contributed by atoms with Crippen LogP contribution in [0.2, 0.25) is 0 Å². The number of ketones is 2. The van der Waals surface area contributed by atoms with Crippen LogP contribution in [0.25, 0.3) is 0 Å². The van der Waals surface area contributed by atoms with Crippen LogP contribution < -0.4 is 0 Å². The highest BCUT2D eigenvalue weighted by Crippen LogP contribution is 2.42. The Kier molecular flexibility index (Phi) is 2.25. The van der Waals surface area contributed by atoms with E-state index >= 15 is 0 Å². The van der Waals surface area contributed by atoms with E-state index in [4.69, 9.17) is 0 Å².